The van der Waals surface area contributed by atoms with Gasteiger partial charge in [-0.2, -0.15) is 0 Å². The van der Waals surface area contributed by atoms with Crippen LogP contribution in [0, 0.1) is 0 Å². The first-order valence-electron chi connectivity index (χ1n) is 5.85. The largest absolute Gasteiger partial charge is 0.444 e. The smallest absolute Gasteiger partial charge is 0.408 e. The number of carbonyl (C=O) groups excluding carboxylic acids is 1. The standard InChI is InChI=1S/C11H20N2O4/c1-11(2,3)17-10(14)13-7-5-16-8-6(12)4-15-9(7)8/h6-9H,4-5,12H2,1-3H3,(H,13,14)/t6-,7+,8+,9-/m0/s1. The van der Waals surface area contributed by atoms with Gasteiger partial charge in [-0.05, 0) is 20.8 Å². The quantitative estimate of drug-likeness (QED) is 0.678. The topological polar surface area (TPSA) is 82.8 Å². The van der Waals surface area contributed by atoms with Gasteiger partial charge in [-0.25, -0.2) is 4.79 Å². The molecule has 2 fully saturated rings. The van der Waals surface area contributed by atoms with E-state index in [2.05, 4.69) is 5.32 Å². The van der Waals surface area contributed by atoms with E-state index >= 15 is 0 Å². The van der Waals surface area contributed by atoms with Crippen LogP contribution in [0.2, 0.25) is 0 Å². The Balaban J connectivity index is 1.86. The minimum atomic E-state index is -0.504. The first-order chi connectivity index (χ1) is 7.87. The Morgan fingerprint density at radius 2 is 1.94 bits per heavy atom. The number of nitrogens with one attached hydrogen (secondary N) is 1. The molecule has 98 valence electrons. The molecule has 3 N–H and O–H groups in total. The summed E-state index contributed by atoms with van der Waals surface area (Å²) in [7, 11) is 0. The fourth-order valence-electron chi connectivity index (χ4n) is 2.11. The molecule has 2 heterocycles. The number of carbonyl (C=O) groups is 1. The molecule has 0 spiro atoms. The number of alkyl carbamates (subject to hydrolysis) is 1. The molecule has 0 aromatic heterocycles. The maximum Gasteiger partial charge on any atom is 0.408 e. The Hall–Kier alpha value is -0.850. The van der Waals surface area contributed by atoms with Gasteiger partial charge >= 0.3 is 6.09 Å². The van der Waals surface area contributed by atoms with Crippen LogP contribution in [-0.4, -0.2) is 49.2 Å². The van der Waals surface area contributed by atoms with E-state index in [1.54, 1.807) is 0 Å². The Morgan fingerprint density at radius 1 is 1.29 bits per heavy atom. The van der Waals surface area contributed by atoms with E-state index in [4.69, 9.17) is 19.9 Å². The van der Waals surface area contributed by atoms with Crippen molar-refractivity contribution in [3.63, 3.8) is 0 Å². The van der Waals surface area contributed by atoms with Crippen molar-refractivity contribution in [3.05, 3.63) is 0 Å². The second-order valence-electron chi connectivity index (χ2n) is 5.51. The molecule has 6 nitrogen and oxygen atoms in total. The lowest BCUT2D eigenvalue weighted by Gasteiger charge is -2.23. The SMILES string of the molecule is CC(C)(C)OC(=O)N[C@@H]1CO[C@H]2[C@H]1OC[C@@H]2N. The molecule has 1 amide bonds. The van der Waals surface area contributed by atoms with Crippen LogP contribution in [-0.2, 0) is 14.2 Å². The van der Waals surface area contributed by atoms with Crippen molar-refractivity contribution < 1.29 is 19.0 Å². The highest BCUT2D eigenvalue weighted by Crippen LogP contribution is 2.26. The molecular weight excluding hydrogens is 224 g/mol. The molecule has 0 aromatic rings. The Bertz CT molecular complexity index is 302. The lowest BCUT2D eigenvalue weighted by Crippen LogP contribution is -2.46. The highest BCUT2D eigenvalue weighted by molar-refractivity contribution is 5.68. The highest BCUT2D eigenvalue weighted by Gasteiger charge is 2.47. The van der Waals surface area contributed by atoms with Crippen molar-refractivity contribution >= 4 is 6.09 Å². The van der Waals surface area contributed by atoms with Crippen molar-refractivity contribution in [2.75, 3.05) is 13.2 Å². The molecule has 0 aliphatic carbocycles. The lowest BCUT2D eigenvalue weighted by atomic mass is 10.1. The Morgan fingerprint density at radius 3 is 2.59 bits per heavy atom. The molecule has 6 heteroatoms. The molecule has 0 saturated carbocycles. The summed E-state index contributed by atoms with van der Waals surface area (Å²) < 4.78 is 16.2. The zero-order chi connectivity index (χ0) is 12.6. The molecule has 2 aliphatic rings. The summed E-state index contributed by atoms with van der Waals surface area (Å²) in [5.74, 6) is 0. The fourth-order valence-corrected chi connectivity index (χ4v) is 2.11. The molecule has 4 atom stereocenters. The summed E-state index contributed by atoms with van der Waals surface area (Å²) in [4.78, 5) is 11.6. The fraction of sp³-hybridized carbons (Fsp3) is 0.909. The van der Waals surface area contributed by atoms with Crippen molar-refractivity contribution in [1.82, 2.24) is 5.32 Å². The number of amides is 1. The number of hydrogen-bond acceptors (Lipinski definition) is 5. The average molecular weight is 244 g/mol. The summed E-state index contributed by atoms with van der Waals surface area (Å²) in [6.45, 7) is 6.36. The van der Waals surface area contributed by atoms with Crippen molar-refractivity contribution in [2.45, 2.75) is 50.7 Å². The molecule has 0 radical (unpaired) electrons. The molecule has 2 rings (SSSR count). The average Bonchev–Trinajstić information content (AvgIpc) is 2.69. The van der Waals surface area contributed by atoms with Gasteiger partial charge < -0.3 is 25.3 Å². The maximum atomic E-state index is 11.6. The first kappa shape index (κ1) is 12.6. The second kappa shape index (κ2) is 4.44. The zero-order valence-corrected chi connectivity index (χ0v) is 10.4. The molecule has 2 saturated heterocycles. The van der Waals surface area contributed by atoms with Crippen LogP contribution in [0.5, 0.6) is 0 Å². The van der Waals surface area contributed by atoms with Crippen LogP contribution >= 0.6 is 0 Å². The monoisotopic (exact) mass is 244 g/mol. The van der Waals surface area contributed by atoms with Gasteiger partial charge in [-0.15, -0.1) is 0 Å². The normalized spacial score (nSPS) is 36.7. The molecule has 0 bridgehead atoms. The maximum absolute atomic E-state index is 11.6. The van der Waals surface area contributed by atoms with Gasteiger partial charge in [-0.1, -0.05) is 0 Å². The summed E-state index contributed by atoms with van der Waals surface area (Å²) in [5.41, 5.74) is 5.32. The highest BCUT2D eigenvalue weighted by atomic mass is 16.6. The van der Waals surface area contributed by atoms with Gasteiger partial charge in [0, 0.05) is 0 Å². The molecule has 17 heavy (non-hydrogen) atoms. The summed E-state index contributed by atoms with van der Waals surface area (Å²) in [6.07, 6.45) is -0.719. The van der Waals surface area contributed by atoms with E-state index < -0.39 is 11.7 Å². The number of fused-ring (bicyclic) bond motifs is 1. The van der Waals surface area contributed by atoms with E-state index in [-0.39, 0.29) is 24.3 Å². The summed E-state index contributed by atoms with van der Waals surface area (Å²) in [6, 6.07) is -0.283. The van der Waals surface area contributed by atoms with Gasteiger partial charge in [0.05, 0.1) is 25.3 Å². The van der Waals surface area contributed by atoms with Crippen LogP contribution < -0.4 is 11.1 Å². The molecular formula is C11H20N2O4. The van der Waals surface area contributed by atoms with Crippen molar-refractivity contribution in [3.8, 4) is 0 Å². The summed E-state index contributed by atoms with van der Waals surface area (Å²) >= 11 is 0. The van der Waals surface area contributed by atoms with Gasteiger partial charge in [0.15, 0.2) is 0 Å². The van der Waals surface area contributed by atoms with Gasteiger partial charge in [0.25, 0.3) is 0 Å². The number of nitrogens with two attached hydrogens (primary N) is 1. The minimum Gasteiger partial charge on any atom is -0.444 e. The van der Waals surface area contributed by atoms with E-state index in [9.17, 15) is 4.79 Å². The number of hydrogen-bond donors (Lipinski definition) is 2. The van der Waals surface area contributed by atoms with Crippen LogP contribution in [0.1, 0.15) is 20.8 Å². The predicted octanol–water partition coefficient (Wildman–Crippen LogP) is 0.00460. The van der Waals surface area contributed by atoms with Crippen LogP contribution in [0.3, 0.4) is 0 Å². The van der Waals surface area contributed by atoms with Gasteiger partial charge in [0.2, 0.25) is 0 Å². The molecule has 0 aromatic carbocycles. The lowest BCUT2D eigenvalue weighted by molar-refractivity contribution is 0.0406. The van der Waals surface area contributed by atoms with Crippen LogP contribution in [0.25, 0.3) is 0 Å². The number of rotatable bonds is 1. The van der Waals surface area contributed by atoms with Crippen molar-refractivity contribution in [1.29, 1.82) is 0 Å². The van der Waals surface area contributed by atoms with Crippen LogP contribution in [0.15, 0.2) is 0 Å². The zero-order valence-electron chi connectivity index (χ0n) is 10.4. The van der Waals surface area contributed by atoms with Crippen molar-refractivity contribution in [2.24, 2.45) is 5.73 Å². The summed E-state index contributed by atoms with van der Waals surface area (Å²) in [5, 5.41) is 2.76. The van der Waals surface area contributed by atoms with E-state index in [1.165, 1.54) is 0 Å². The molecule has 2 aliphatic heterocycles. The Kier molecular flexibility index (Phi) is 3.29. The van der Waals surface area contributed by atoms with Gasteiger partial charge in [0.1, 0.15) is 17.8 Å². The van der Waals surface area contributed by atoms with E-state index in [1.807, 2.05) is 20.8 Å². The minimum absolute atomic E-state index is 0.106. The predicted molar refractivity (Wildman–Crippen MR) is 60.6 cm³/mol. The third-order valence-corrected chi connectivity index (χ3v) is 2.79. The number of ether oxygens (including phenoxy) is 3. The Labute approximate surface area is 101 Å². The van der Waals surface area contributed by atoms with E-state index in [0.717, 1.165) is 0 Å². The second-order valence-corrected chi connectivity index (χ2v) is 5.51. The molecule has 0 unspecified atom stereocenters. The van der Waals surface area contributed by atoms with E-state index in [0.29, 0.717) is 13.2 Å². The van der Waals surface area contributed by atoms with Crippen LogP contribution in [0.4, 0.5) is 4.79 Å². The third kappa shape index (κ3) is 2.88. The third-order valence-electron chi connectivity index (χ3n) is 2.79. The van der Waals surface area contributed by atoms with Gasteiger partial charge in [-0.3, -0.25) is 0 Å². The first-order valence-corrected chi connectivity index (χ1v) is 5.85.